The predicted octanol–water partition coefficient (Wildman–Crippen LogP) is 3.83. The topological polar surface area (TPSA) is 57.3 Å². The van der Waals surface area contributed by atoms with Crippen molar-refractivity contribution in [1.82, 2.24) is 10.3 Å². The standard InChI is InChI=1S/C18H22N4O/c1-3-22(15-6-4-5-13(2)11-15)16-9-10-17(19-12-16)21-18(23)20-14-7-8-14/h4-6,9-12,14H,3,7-8H2,1-2H3,(H2,19,20,21,23). The van der Waals surface area contributed by atoms with Gasteiger partial charge in [-0.3, -0.25) is 5.32 Å². The van der Waals surface area contributed by atoms with Gasteiger partial charge in [-0.25, -0.2) is 9.78 Å². The summed E-state index contributed by atoms with van der Waals surface area (Å²) in [6.07, 6.45) is 3.93. The van der Waals surface area contributed by atoms with E-state index < -0.39 is 0 Å². The first-order valence-electron chi connectivity index (χ1n) is 8.03. The molecule has 0 bridgehead atoms. The van der Waals surface area contributed by atoms with Gasteiger partial charge in [0.2, 0.25) is 0 Å². The number of carbonyl (C=O) groups excluding carboxylic acids is 1. The van der Waals surface area contributed by atoms with E-state index in [4.69, 9.17) is 0 Å². The molecule has 3 rings (SSSR count). The third kappa shape index (κ3) is 4.00. The van der Waals surface area contributed by atoms with Gasteiger partial charge in [0.25, 0.3) is 0 Å². The molecular formula is C18H22N4O. The van der Waals surface area contributed by atoms with E-state index in [2.05, 4.69) is 58.6 Å². The molecule has 0 saturated heterocycles. The summed E-state index contributed by atoms with van der Waals surface area (Å²) in [6, 6.07) is 12.3. The fraction of sp³-hybridized carbons (Fsp3) is 0.333. The van der Waals surface area contributed by atoms with E-state index >= 15 is 0 Å². The number of aryl methyl sites for hydroxylation is 1. The van der Waals surface area contributed by atoms with Crippen LogP contribution in [0.4, 0.5) is 22.0 Å². The Hall–Kier alpha value is -2.56. The molecule has 1 aliphatic carbocycles. The monoisotopic (exact) mass is 310 g/mol. The van der Waals surface area contributed by atoms with E-state index in [-0.39, 0.29) is 6.03 Å². The van der Waals surface area contributed by atoms with E-state index in [1.807, 2.05) is 12.1 Å². The summed E-state index contributed by atoms with van der Waals surface area (Å²) in [5.41, 5.74) is 3.37. The van der Waals surface area contributed by atoms with Gasteiger partial charge in [-0.2, -0.15) is 0 Å². The zero-order valence-corrected chi connectivity index (χ0v) is 13.5. The normalized spacial score (nSPS) is 13.5. The molecule has 2 N–H and O–H groups in total. The van der Waals surface area contributed by atoms with Crippen LogP contribution in [0.15, 0.2) is 42.6 Å². The van der Waals surface area contributed by atoms with Gasteiger partial charge in [0.1, 0.15) is 5.82 Å². The number of hydrogen-bond donors (Lipinski definition) is 2. The fourth-order valence-corrected chi connectivity index (χ4v) is 2.50. The summed E-state index contributed by atoms with van der Waals surface area (Å²) in [4.78, 5) is 18.3. The van der Waals surface area contributed by atoms with E-state index in [9.17, 15) is 4.79 Å². The van der Waals surface area contributed by atoms with Gasteiger partial charge in [0, 0.05) is 18.3 Å². The number of nitrogens with one attached hydrogen (secondary N) is 2. The maximum absolute atomic E-state index is 11.7. The first-order valence-corrected chi connectivity index (χ1v) is 8.03. The molecule has 1 aromatic carbocycles. The molecule has 0 radical (unpaired) electrons. The average Bonchev–Trinajstić information content (AvgIpc) is 3.34. The minimum atomic E-state index is -0.182. The lowest BCUT2D eigenvalue weighted by molar-refractivity contribution is 0.251. The average molecular weight is 310 g/mol. The zero-order valence-electron chi connectivity index (χ0n) is 13.5. The summed E-state index contributed by atoms with van der Waals surface area (Å²) in [6.45, 7) is 5.04. The number of rotatable bonds is 5. The largest absolute Gasteiger partial charge is 0.341 e. The van der Waals surface area contributed by atoms with Gasteiger partial charge in [0.05, 0.1) is 11.9 Å². The van der Waals surface area contributed by atoms with E-state index in [1.165, 1.54) is 5.56 Å². The summed E-state index contributed by atoms with van der Waals surface area (Å²) in [7, 11) is 0. The van der Waals surface area contributed by atoms with Crippen molar-refractivity contribution in [3.05, 3.63) is 48.2 Å². The number of pyridine rings is 1. The van der Waals surface area contributed by atoms with Gasteiger partial charge in [-0.05, 0) is 56.5 Å². The molecule has 0 aliphatic heterocycles. The third-order valence-corrected chi connectivity index (χ3v) is 3.84. The Balaban J connectivity index is 1.70. The number of carbonyl (C=O) groups is 1. The number of amides is 2. The minimum absolute atomic E-state index is 0.182. The minimum Gasteiger partial charge on any atom is -0.341 e. The molecule has 2 aromatic rings. The number of aromatic nitrogens is 1. The highest BCUT2D eigenvalue weighted by Crippen LogP contribution is 2.26. The molecule has 120 valence electrons. The third-order valence-electron chi connectivity index (χ3n) is 3.84. The maximum atomic E-state index is 11.7. The molecule has 1 aliphatic rings. The quantitative estimate of drug-likeness (QED) is 0.882. The van der Waals surface area contributed by atoms with Crippen LogP contribution in [0.25, 0.3) is 0 Å². The van der Waals surface area contributed by atoms with Crippen LogP contribution in [-0.2, 0) is 0 Å². The van der Waals surface area contributed by atoms with Crippen LogP contribution in [0.2, 0.25) is 0 Å². The van der Waals surface area contributed by atoms with E-state index in [0.29, 0.717) is 11.9 Å². The first-order chi connectivity index (χ1) is 11.2. The summed E-state index contributed by atoms with van der Waals surface area (Å²) in [5, 5.41) is 5.65. The van der Waals surface area contributed by atoms with Crippen LogP contribution < -0.4 is 15.5 Å². The highest BCUT2D eigenvalue weighted by molar-refractivity contribution is 5.88. The van der Waals surface area contributed by atoms with Crippen LogP contribution >= 0.6 is 0 Å². The summed E-state index contributed by atoms with van der Waals surface area (Å²) < 4.78 is 0. The van der Waals surface area contributed by atoms with Crippen LogP contribution in [0.1, 0.15) is 25.3 Å². The number of benzene rings is 1. The van der Waals surface area contributed by atoms with Crippen molar-refractivity contribution >= 4 is 23.2 Å². The molecule has 1 heterocycles. The van der Waals surface area contributed by atoms with Gasteiger partial charge in [-0.1, -0.05) is 12.1 Å². The molecule has 5 heteroatoms. The molecule has 0 unspecified atom stereocenters. The lowest BCUT2D eigenvalue weighted by Gasteiger charge is -2.23. The van der Waals surface area contributed by atoms with Crippen LogP contribution in [-0.4, -0.2) is 23.6 Å². The van der Waals surface area contributed by atoms with Gasteiger partial charge < -0.3 is 10.2 Å². The molecule has 1 fully saturated rings. The molecule has 23 heavy (non-hydrogen) atoms. The summed E-state index contributed by atoms with van der Waals surface area (Å²) >= 11 is 0. The fourth-order valence-electron chi connectivity index (χ4n) is 2.50. The number of hydrogen-bond acceptors (Lipinski definition) is 3. The molecule has 1 aromatic heterocycles. The smallest absolute Gasteiger partial charge is 0.320 e. The van der Waals surface area contributed by atoms with E-state index in [0.717, 1.165) is 30.8 Å². The molecule has 0 atom stereocenters. The van der Waals surface area contributed by atoms with Gasteiger partial charge >= 0.3 is 6.03 Å². The molecule has 2 amide bonds. The summed E-state index contributed by atoms with van der Waals surface area (Å²) in [5.74, 6) is 0.562. The van der Waals surface area contributed by atoms with Crippen LogP contribution in [0.5, 0.6) is 0 Å². The van der Waals surface area contributed by atoms with Crippen molar-refractivity contribution in [1.29, 1.82) is 0 Å². The van der Waals surface area contributed by atoms with Crippen molar-refractivity contribution in [3.8, 4) is 0 Å². The van der Waals surface area contributed by atoms with Crippen molar-refractivity contribution in [2.75, 3.05) is 16.8 Å². The predicted molar refractivity (Wildman–Crippen MR) is 93.3 cm³/mol. The molecule has 0 spiro atoms. The number of urea groups is 1. The lowest BCUT2D eigenvalue weighted by atomic mass is 10.2. The molecule has 1 saturated carbocycles. The van der Waals surface area contributed by atoms with Crippen molar-refractivity contribution < 1.29 is 4.79 Å². The van der Waals surface area contributed by atoms with Crippen molar-refractivity contribution in [2.45, 2.75) is 32.7 Å². The lowest BCUT2D eigenvalue weighted by Crippen LogP contribution is -2.30. The van der Waals surface area contributed by atoms with Crippen molar-refractivity contribution in [3.63, 3.8) is 0 Å². The van der Waals surface area contributed by atoms with Gasteiger partial charge in [0.15, 0.2) is 0 Å². The first kappa shape index (κ1) is 15.3. The second-order valence-electron chi connectivity index (χ2n) is 5.86. The Kier molecular flexibility index (Phi) is 4.46. The second-order valence-corrected chi connectivity index (χ2v) is 5.86. The Morgan fingerprint density at radius 3 is 2.70 bits per heavy atom. The molecular weight excluding hydrogens is 288 g/mol. The highest BCUT2D eigenvalue weighted by Gasteiger charge is 2.23. The van der Waals surface area contributed by atoms with Gasteiger partial charge in [-0.15, -0.1) is 0 Å². The number of nitrogens with zero attached hydrogens (tertiary/aromatic N) is 2. The van der Waals surface area contributed by atoms with Crippen LogP contribution in [0.3, 0.4) is 0 Å². The Labute approximate surface area is 136 Å². The highest BCUT2D eigenvalue weighted by atomic mass is 16.2. The zero-order chi connectivity index (χ0) is 16.2. The Morgan fingerprint density at radius 1 is 1.26 bits per heavy atom. The number of anilines is 3. The van der Waals surface area contributed by atoms with Crippen LogP contribution in [0, 0.1) is 6.92 Å². The Bertz CT molecular complexity index is 680. The molecule has 5 nitrogen and oxygen atoms in total. The van der Waals surface area contributed by atoms with Crippen molar-refractivity contribution in [2.24, 2.45) is 0 Å². The maximum Gasteiger partial charge on any atom is 0.320 e. The Morgan fingerprint density at radius 2 is 2.09 bits per heavy atom. The van der Waals surface area contributed by atoms with E-state index in [1.54, 1.807) is 6.20 Å². The second kappa shape index (κ2) is 6.69. The SMILES string of the molecule is CCN(c1ccc(NC(=O)NC2CC2)nc1)c1cccc(C)c1.